The second kappa shape index (κ2) is 7.71. The van der Waals surface area contributed by atoms with Crippen LogP contribution in [0.15, 0.2) is 28.8 Å². The molecule has 1 saturated heterocycles. The number of carbonyl (C=O) groups is 1. The summed E-state index contributed by atoms with van der Waals surface area (Å²) in [6.45, 7) is 3.74. The number of benzene rings is 1. The van der Waals surface area contributed by atoms with Gasteiger partial charge in [0, 0.05) is 41.6 Å². The van der Waals surface area contributed by atoms with Gasteiger partial charge >= 0.3 is 0 Å². The summed E-state index contributed by atoms with van der Waals surface area (Å²) in [5, 5.41) is 4.78. The van der Waals surface area contributed by atoms with Crippen LogP contribution in [0, 0.1) is 17.3 Å². The summed E-state index contributed by atoms with van der Waals surface area (Å²) in [6, 6.07) is 7.41. The lowest BCUT2D eigenvalue weighted by Crippen LogP contribution is -2.61. The number of amides is 1. The van der Waals surface area contributed by atoms with E-state index in [1.54, 1.807) is 0 Å². The Kier molecular flexibility index (Phi) is 5.05. The molecular formula is C24H28Cl2N4O2. The van der Waals surface area contributed by atoms with Gasteiger partial charge in [0.1, 0.15) is 0 Å². The summed E-state index contributed by atoms with van der Waals surface area (Å²) < 4.78 is 5.47. The maximum Gasteiger partial charge on any atom is 0.241 e. The molecule has 1 aromatic carbocycles. The first-order valence-electron chi connectivity index (χ1n) is 11.7. The van der Waals surface area contributed by atoms with Gasteiger partial charge in [-0.3, -0.25) is 9.69 Å². The van der Waals surface area contributed by atoms with Gasteiger partial charge in [0.2, 0.25) is 17.6 Å². The van der Waals surface area contributed by atoms with Crippen molar-refractivity contribution in [2.45, 2.75) is 49.9 Å². The number of carbonyl (C=O) groups excluding carboxylic acids is 1. The van der Waals surface area contributed by atoms with E-state index in [4.69, 9.17) is 27.7 Å². The predicted molar refractivity (Wildman–Crippen MR) is 122 cm³/mol. The zero-order chi connectivity index (χ0) is 21.9. The molecule has 4 bridgehead atoms. The van der Waals surface area contributed by atoms with Crippen LogP contribution >= 0.6 is 23.2 Å². The number of aromatic nitrogens is 2. The summed E-state index contributed by atoms with van der Waals surface area (Å²) >= 11 is 12.9. The molecule has 2 atom stereocenters. The molecule has 5 aliphatic rings. The molecule has 2 unspecified atom stereocenters. The standard InChI is InChI=1S/C24H28Cl2N4O2/c25-19-3-1-18(2-4-19)21-27-20(32-28-21)14-29-5-7-30(8-6-29)22(31)23-10-16-9-17(11-23)13-24(26,12-16)15-23/h1-4,16-17H,5-15H2. The summed E-state index contributed by atoms with van der Waals surface area (Å²) in [7, 11) is 0. The molecule has 0 spiro atoms. The number of alkyl halides is 1. The van der Waals surface area contributed by atoms with Crippen molar-refractivity contribution in [1.82, 2.24) is 19.9 Å². The van der Waals surface area contributed by atoms with Crippen LogP contribution in [-0.4, -0.2) is 56.9 Å². The van der Waals surface area contributed by atoms with E-state index >= 15 is 0 Å². The van der Waals surface area contributed by atoms with Gasteiger partial charge in [-0.15, -0.1) is 11.6 Å². The Morgan fingerprint density at radius 2 is 1.75 bits per heavy atom. The Bertz CT molecular complexity index is 1000. The van der Waals surface area contributed by atoms with Crippen LogP contribution in [0.4, 0.5) is 0 Å². The Balaban J connectivity index is 1.07. The summed E-state index contributed by atoms with van der Waals surface area (Å²) in [5.41, 5.74) is 0.681. The topological polar surface area (TPSA) is 62.5 Å². The maximum atomic E-state index is 13.6. The van der Waals surface area contributed by atoms with Crippen molar-refractivity contribution in [2.75, 3.05) is 26.2 Å². The molecule has 0 N–H and O–H groups in total. The third-order valence-corrected chi connectivity index (χ3v) is 8.73. The van der Waals surface area contributed by atoms with E-state index < -0.39 is 0 Å². The van der Waals surface area contributed by atoms with Crippen molar-refractivity contribution in [3.05, 3.63) is 35.2 Å². The Morgan fingerprint density at radius 3 is 2.41 bits per heavy atom. The van der Waals surface area contributed by atoms with Gasteiger partial charge in [0.15, 0.2) is 0 Å². The van der Waals surface area contributed by atoms with Crippen molar-refractivity contribution in [3.8, 4) is 11.4 Å². The first-order chi connectivity index (χ1) is 15.4. The zero-order valence-electron chi connectivity index (χ0n) is 18.1. The average molecular weight is 475 g/mol. The molecule has 2 heterocycles. The average Bonchev–Trinajstić information content (AvgIpc) is 3.21. The lowest BCUT2D eigenvalue weighted by Gasteiger charge is -2.60. The fraction of sp³-hybridized carbons (Fsp3) is 0.625. The second-order valence-electron chi connectivity index (χ2n) is 10.5. The van der Waals surface area contributed by atoms with Crippen LogP contribution in [0.2, 0.25) is 5.02 Å². The van der Waals surface area contributed by atoms with Crippen molar-refractivity contribution in [2.24, 2.45) is 17.3 Å². The number of rotatable bonds is 4. The van der Waals surface area contributed by atoms with Crippen LogP contribution in [0.25, 0.3) is 11.4 Å². The number of halogens is 2. The number of nitrogens with zero attached hydrogens (tertiary/aromatic N) is 4. The van der Waals surface area contributed by atoms with Crippen molar-refractivity contribution in [1.29, 1.82) is 0 Å². The largest absolute Gasteiger partial charge is 0.340 e. The molecule has 1 aromatic heterocycles. The quantitative estimate of drug-likeness (QED) is 0.605. The lowest BCUT2D eigenvalue weighted by molar-refractivity contribution is -0.158. The second-order valence-corrected chi connectivity index (χ2v) is 11.7. The highest BCUT2D eigenvalue weighted by molar-refractivity contribution is 6.30. The molecule has 7 rings (SSSR count). The van der Waals surface area contributed by atoms with Crippen LogP contribution < -0.4 is 0 Å². The van der Waals surface area contributed by atoms with Gasteiger partial charge in [0.05, 0.1) is 12.0 Å². The molecule has 1 aliphatic heterocycles. The molecule has 170 valence electrons. The Morgan fingerprint density at radius 1 is 1.06 bits per heavy atom. The molecule has 2 aromatic rings. The zero-order valence-corrected chi connectivity index (χ0v) is 19.6. The number of piperazine rings is 1. The first-order valence-corrected chi connectivity index (χ1v) is 12.4. The number of hydrogen-bond acceptors (Lipinski definition) is 5. The first kappa shape index (κ1) is 20.9. The van der Waals surface area contributed by atoms with Crippen LogP contribution in [-0.2, 0) is 11.3 Å². The Labute approximate surface area is 198 Å². The molecule has 8 heteroatoms. The molecular weight excluding hydrogens is 447 g/mol. The lowest BCUT2D eigenvalue weighted by atomic mass is 9.49. The van der Waals surface area contributed by atoms with E-state index in [9.17, 15) is 4.79 Å². The molecule has 4 aliphatic carbocycles. The Hall–Kier alpha value is -1.63. The fourth-order valence-electron chi connectivity index (χ4n) is 7.07. The summed E-state index contributed by atoms with van der Waals surface area (Å²) in [6.07, 6.45) is 6.47. The fourth-order valence-corrected chi connectivity index (χ4v) is 7.89. The van der Waals surface area contributed by atoms with E-state index in [-0.39, 0.29) is 10.3 Å². The van der Waals surface area contributed by atoms with Gasteiger partial charge in [0.25, 0.3) is 0 Å². The molecule has 32 heavy (non-hydrogen) atoms. The highest BCUT2D eigenvalue weighted by Crippen LogP contribution is 2.64. The predicted octanol–water partition coefficient (Wildman–Crippen LogP) is 4.61. The summed E-state index contributed by atoms with van der Waals surface area (Å²) in [5.74, 6) is 2.82. The van der Waals surface area contributed by atoms with Crippen LogP contribution in [0.5, 0.6) is 0 Å². The SMILES string of the molecule is O=C(N1CCN(Cc2nc(-c3ccc(Cl)cc3)no2)CC1)C12CC3CC(CC(Cl)(C3)C1)C2. The number of hydrogen-bond donors (Lipinski definition) is 0. The van der Waals surface area contributed by atoms with Crippen molar-refractivity contribution >= 4 is 29.1 Å². The minimum absolute atomic E-state index is 0.124. The molecule has 5 fully saturated rings. The van der Waals surface area contributed by atoms with Gasteiger partial charge in [-0.1, -0.05) is 16.8 Å². The highest BCUT2D eigenvalue weighted by Gasteiger charge is 2.60. The van der Waals surface area contributed by atoms with Gasteiger partial charge in [-0.05, 0) is 74.6 Å². The smallest absolute Gasteiger partial charge is 0.241 e. The van der Waals surface area contributed by atoms with E-state index in [1.165, 1.54) is 6.42 Å². The third-order valence-electron chi connectivity index (χ3n) is 8.03. The molecule has 1 amide bonds. The van der Waals surface area contributed by atoms with Crippen LogP contribution in [0.3, 0.4) is 0 Å². The highest BCUT2D eigenvalue weighted by atomic mass is 35.5. The third kappa shape index (κ3) is 3.74. The minimum Gasteiger partial charge on any atom is -0.340 e. The maximum absolute atomic E-state index is 13.6. The molecule has 0 radical (unpaired) electrons. The minimum atomic E-state index is -0.200. The van der Waals surface area contributed by atoms with E-state index in [0.717, 1.165) is 63.8 Å². The monoisotopic (exact) mass is 474 g/mol. The van der Waals surface area contributed by atoms with Crippen molar-refractivity contribution < 1.29 is 9.32 Å². The van der Waals surface area contributed by atoms with E-state index in [1.807, 2.05) is 24.3 Å². The molecule has 6 nitrogen and oxygen atoms in total. The van der Waals surface area contributed by atoms with Crippen molar-refractivity contribution in [3.63, 3.8) is 0 Å². The van der Waals surface area contributed by atoms with E-state index in [0.29, 0.717) is 41.0 Å². The normalized spacial score (nSPS) is 34.2. The van der Waals surface area contributed by atoms with E-state index in [2.05, 4.69) is 19.9 Å². The van der Waals surface area contributed by atoms with Gasteiger partial charge in [-0.25, -0.2) is 0 Å². The van der Waals surface area contributed by atoms with Crippen LogP contribution in [0.1, 0.15) is 44.4 Å². The summed E-state index contributed by atoms with van der Waals surface area (Å²) in [4.78, 5) is 22.4. The van der Waals surface area contributed by atoms with Gasteiger partial charge in [-0.2, -0.15) is 4.98 Å². The molecule has 4 saturated carbocycles. The van der Waals surface area contributed by atoms with Gasteiger partial charge < -0.3 is 9.42 Å².